The summed E-state index contributed by atoms with van der Waals surface area (Å²) in [5.41, 5.74) is 0. The molecule has 0 fully saturated rings. The third kappa shape index (κ3) is 3.24. The predicted molar refractivity (Wildman–Crippen MR) is 39.3 cm³/mol. The van der Waals surface area contributed by atoms with E-state index < -0.39 is 5.92 Å². The molecule has 0 spiro atoms. The highest BCUT2D eigenvalue weighted by molar-refractivity contribution is 5.82. The van der Waals surface area contributed by atoms with Crippen molar-refractivity contribution in [2.24, 2.45) is 5.92 Å². The maximum atomic E-state index is 10.9. The summed E-state index contributed by atoms with van der Waals surface area (Å²) in [6.45, 7) is 3.68. The highest BCUT2D eigenvalue weighted by Gasteiger charge is 2.09. The lowest BCUT2D eigenvalue weighted by Gasteiger charge is -1.98. The van der Waals surface area contributed by atoms with Crippen LogP contribution in [0.5, 0.6) is 0 Å². The van der Waals surface area contributed by atoms with Crippen molar-refractivity contribution in [3.63, 3.8) is 0 Å². The summed E-state index contributed by atoms with van der Waals surface area (Å²) in [4.78, 5) is 10.9. The lowest BCUT2D eigenvalue weighted by Crippen LogP contribution is -2.07. The maximum absolute atomic E-state index is 10.9. The number of rotatable bonds is 4. The Labute approximate surface area is 61.8 Å². The number of carbonyl (C=O) groups excluding carboxylic acids is 1. The van der Waals surface area contributed by atoms with E-state index in [1.54, 1.807) is 6.92 Å². The lowest BCUT2D eigenvalue weighted by molar-refractivity contribution is -0.120. The van der Waals surface area contributed by atoms with E-state index in [4.69, 9.17) is 5.26 Å². The van der Waals surface area contributed by atoms with Gasteiger partial charge in [0.05, 0.1) is 6.07 Å². The van der Waals surface area contributed by atoms with E-state index in [1.165, 1.54) is 0 Å². The number of nitrogens with zero attached hydrogens (tertiary/aromatic N) is 1. The molecule has 0 N–H and O–H groups in total. The van der Waals surface area contributed by atoms with Gasteiger partial charge in [-0.3, -0.25) is 4.79 Å². The van der Waals surface area contributed by atoms with Gasteiger partial charge in [-0.05, 0) is 13.3 Å². The van der Waals surface area contributed by atoms with Gasteiger partial charge in [0.2, 0.25) is 0 Å². The van der Waals surface area contributed by atoms with Crippen molar-refractivity contribution in [2.45, 2.75) is 33.1 Å². The second kappa shape index (κ2) is 4.99. The summed E-state index contributed by atoms with van der Waals surface area (Å²) < 4.78 is 0. The van der Waals surface area contributed by atoms with Crippen molar-refractivity contribution in [1.29, 1.82) is 5.26 Å². The Kier molecular flexibility index (Phi) is 4.57. The lowest BCUT2D eigenvalue weighted by atomic mass is 10.0. The Balaban J connectivity index is 3.54. The molecule has 1 atom stereocenters. The van der Waals surface area contributed by atoms with Crippen molar-refractivity contribution in [3.05, 3.63) is 0 Å². The summed E-state index contributed by atoms with van der Waals surface area (Å²) in [6, 6.07) is 1.92. The van der Waals surface area contributed by atoms with Gasteiger partial charge in [0.1, 0.15) is 11.7 Å². The minimum Gasteiger partial charge on any atom is -0.298 e. The van der Waals surface area contributed by atoms with Gasteiger partial charge < -0.3 is 0 Å². The zero-order valence-corrected chi connectivity index (χ0v) is 6.55. The number of Topliss-reactive ketones (excluding diaryl/α,β-unsaturated/α-hetero) is 1. The zero-order valence-electron chi connectivity index (χ0n) is 6.55. The summed E-state index contributed by atoms with van der Waals surface area (Å²) in [5.74, 6) is -0.337. The fourth-order valence-electron chi connectivity index (χ4n) is 0.640. The minimum atomic E-state index is -0.411. The second-order valence-corrected chi connectivity index (χ2v) is 2.42. The molecule has 0 aromatic heterocycles. The molecule has 0 amide bonds. The largest absolute Gasteiger partial charge is 0.298 e. The van der Waals surface area contributed by atoms with Crippen molar-refractivity contribution < 1.29 is 4.79 Å². The Bertz CT molecular complexity index is 146. The zero-order chi connectivity index (χ0) is 7.98. The standard InChI is InChI=1S/C8H13NO/c1-3-4-5-8(10)7(2)6-9/h7H,3-5H2,1-2H3. The van der Waals surface area contributed by atoms with E-state index in [2.05, 4.69) is 0 Å². The number of hydrogen-bond acceptors (Lipinski definition) is 2. The number of ketones is 1. The molecule has 10 heavy (non-hydrogen) atoms. The molecule has 56 valence electrons. The van der Waals surface area contributed by atoms with E-state index in [-0.39, 0.29) is 5.78 Å². The van der Waals surface area contributed by atoms with Gasteiger partial charge in [-0.25, -0.2) is 0 Å². The number of nitriles is 1. The molecule has 0 rings (SSSR count). The van der Waals surface area contributed by atoms with Crippen LogP contribution < -0.4 is 0 Å². The van der Waals surface area contributed by atoms with Crippen molar-refractivity contribution in [3.8, 4) is 6.07 Å². The first kappa shape index (κ1) is 9.16. The van der Waals surface area contributed by atoms with E-state index in [0.717, 1.165) is 12.8 Å². The molecule has 0 aliphatic heterocycles. The first-order valence-corrected chi connectivity index (χ1v) is 3.64. The van der Waals surface area contributed by atoms with E-state index in [9.17, 15) is 4.79 Å². The van der Waals surface area contributed by atoms with Crippen molar-refractivity contribution >= 4 is 5.78 Å². The molecule has 2 nitrogen and oxygen atoms in total. The van der Waals surface area contributed by atoms with Crippen LogP contribution in [0.3, 0.4) is 0 Å². The fraction of sp³-hybridized carbons (Fsp3) is 0.750. The molecule has 0 heterocycles. The second-order valence-electron chi connectivity index (χ2n) is 2.42. The van der Waals surface area contributed by atoms with Crippen LogP contribution in [0.15, 0.2) is 0 Å². The Morgan fingerprint density at radius 3 is 2.70 bits per heavy atom. The van der Waals surface area contributed by atoms with Crippen LogP contribution in [0, 0.1) is 17.2 Å². The molecule has 2 heteroatoms. The average Bonchev–Trinajstić information content (AvgIpc) is 1.98. The molecule has 0 aliphatic rings. The topological polar surface area (TPSA) is 40.9 Å². The smallest absolute Gasteiger partial charge is 0.149 e. The molecule has 0 aromatic carbocycles. The third-order valence-corrected chi connectivity index (χ3v) is 1.45. The molecule has 0 aliphatic carbocycles. The third-order valence-electron chi connectivity index (χ3n) is 1.45. The first-order chi connectivity index (χ1) is 4.72. The number of carbonyl (C=O) groups is 1. The molecule has 0 saturated carbocycles. The highest BCUT2D eigenvalue weighted by Crippen LogP contribution is 2.02. The van der Waals surface area contributed by atoms with Gasteiger partial charge in [0, 0.05) is 6.42 Å². The molecular weight excluding hydrogens is 126 g/mol. The summed E-state index contributed by atoms with van der Waals surface area (Å²) in [7, 11) is 0. The van der Waals surface area contributed by atoms with Crippen molar-refractivity contribution in [2.75, 3.05) is 0 Å². The molecule has 0 radical (unpaired) electrons. The molecule has 0 saturated heterocycles. The molecule has 1 unspecified atom stereocenters. The summed E-state index contributed by atoms with van der Waals surface area (Å²) in [5, 5.41) is 8.33. The molecule has 0 bridgehead atoms. The van der Waals surface area contributed by atoms with E-state index in [1.807, 2.05) is 13.0 Å². The predicted octanol–water partition coefficient (Wildman–Crippen LogP) is 1.91. The number of hydrogen-bond donors (Lipinski definition) is 0. The minimum absolute atomic E-state index is 0.0735. The maximum Gasteiger partial charge on any atom is 0.149 e. The normalized spacial score (nSPS) is 12.1. The van der Waals surface area contributed by atoms with Gasteiger partial charge in [-0.1, -0.05) is 13.3 Å². The molecule has 0 aromatic rings. The average molecular weight is 139 g/mol. The highest BCUT2D eigenvalue weighted by atomic mass is 16.1. The first-order valence-electron chi connectivity index (χ1n) is 3.64. The van der Waals surface area contributed by atoms with Crippen LogP contribution in [-0.2, 0) is 4.79 Å². The van der Waals surface area contributed by atoms with Gasteiger partial charge in [0.25, 0.3) is 0 Å². The van der Waals surface area contributed by atoms with Gasteiger partial charge in [-0.15, -0.1) is 0 Å². The van der Waals surface area contributed by atoms with Crippen LogP contribution in [0.25, 0.3) is 0 Å². The summed E-state index contributed by atoms with van der Waals surface area (Å²) >= 11 is 0. The van der Waals surface area contributed by atoms with Crippen LogP contribution in [-0.4, -0.2) is 5.78 Å². The summed E-state index contributed by atoms with van der Waals surface area (Å²) in [6.07, 6.45) is 2.49. The SMILES string of the molecule is CCCCC(=O)C(C)C#N. The van der Waals surface area contributed by atoms with Crippen LogP contribution in [0.2, 0.25) is 0 Å². The van der Waals surface area contributed by atoms with Crippen molar-refractivity contribution in [1.82, 2.24) is 0 Å². The van der Waals surface area contributed by atoms with Gasteiger partial charge >= 0.3 is 0 Å². The van der Waals surface area contributed by atoms with Crippen LogP contribution in [0.1, 0.15) is 33.1 Å². The van der Waals surface area contributed by atoms with Crippen LogP contribution in [0.4, 0.5) is 0 Å². The Morgan fingerprint density at radius 1 is 1.70 bits per heavy atom. The fourth-order valence-corrected chi connectivity index (χ4v) is 0.640. The Morgan fingerprint density at radius 2 is 2.30 bits per heavy atom. The number of unbranched alkanes of at least 4 members (excludes halogenated alkanes) is 1. The monoisotopic (exact) mass is 139 g/mol. The quantitative estimate of drug-likeness (QED) is 0.597. The van der Waals surface area contributed by atoms with Crippen LogP contribution >= 0.6 is 0 Å². The van der Waals surface area contributed by atoms with E-state index in [0.29, 0.717) is 6.42 Å². The van der Waals surface area contributed by atoms with Gasteiger partial charge in [-0.2, -0.15) is 5.26 Å². The van der Waals surface area contributed by atoms with E-state index >= 15 is 0 Å². The Hall–Kier alpha value is -0.840. The van der Waals surface area contributed by atoms with Gasteiger partial charge in [0.15, 0.2) is 0 Å². The molecular formula is C8H13NO.